The number of aliphatic hydroxyl groups is 1. The van der Waals surface area contributed by atoms with Crippen LogP contribution in [0.15, 0.2) is 16.5 Å². The number of fused-ring (bicyclic) bond motifs is 1. The SMILES string of the molecule is CCCCN(CCCC)Cc1ccc([C@H]2C[C@@](C)(O)[C@@H]3CC[C@@H](C)C[C@H]3O2)o1. The summed E-state index contributed by atoms with van der Waals surface area (Å²) in [5.74, 6) is 2.84. The van der Waals surface area contributed by atoms with E-state index in [0.717, 1.165) is 44.0 Å². The minimum Gasteiger partial charge on any atom is -0.462 e. The quantitative estimate of drug-likeness (QED) is 0.586. The number of unbranched alkanes of at least 4 members (excludes halogenated alkanes) is 2. The summed E-state index contributed by atoms with van der Waals surface area (Å²) in [5, 5.41) is 11.1. The zero-order valence-corrected chi connectivity index (χ0v) is 18.5. The van der Waals surface area contributed by atoms with Gasteiger partial charge in [0.15, 0.2) is 0 Å². The second kappa shape index (κ2) is 9.77. The number of ether oxygens (including phenoxy) is 1. The van der Waals surface area contributed by atoms with Gasteiger partial charge < -0.3 is 14.3 Å². The van der Waals surface area contributed by atoms with E-state index in [-0.39, 0.29) is 18.1 Å². The van der Waals surface area contributed by atoms with E-state index in [4.69, 9.17) is 9.15 Å². The number of furan rings is 1. The van der Waals surface area contributed by atoms with Gasteiger partial charge in [-0.05, 0) is 63.7 Å². The van der Waals surface area contributed by atoms with E-state index in [9.17, 15) is 5.11 Å². The summed E-state index contributed by atoms with van der Waals surface area (Å²) in [6, 6.07) is 4.17. The van der Waals surface area contributed by atoms with Crippen molar-refractivity contribution in [3.8, 4) is 0 Å². The first-order valence-electron chi connectivity index (χ1n) is 11.6. The Kier molecular flexibility index (Phi) is 7.63. The Bertz CT molecular complexity index is 588. The topological polar surface area (TPSA) is 45.8 Å². The minimum atomic E-state index is -0.672. The highest BCUT2D eigenvalue weighted by Gasteiger charge is 2.48. The Hall–Kier alpha value is -0.840. The third kappa shape index (κ3) is 5.40. The van der Waals surface area contributed by atoms with Crippen molar-refractivity contribution in [2.75, 3.05) is 13.1 Å². The van der Waals surface area contributed by atoms with Crippen molar-refractivity contribution in [1.29, 1.82) is 0 Å². The van der Waals surface area contributed by atoms with Crippen molar-refractivity contribution in [3.63, 3.8) is 0 Å². The lowest BCUT2D eigenvalue weighted by Crippen LogP contribution is -2.51. The summed E-state index contributed by atoms with van der Waals surface area (Å²) < 4.78 is 12.7. The molecule has 0 bridgehead atoms. The van der Waals surface area contributed by atoms with Gasteiger partial charge >= 0.3 is 0 Å². The van der Waals surface area contributed by atoms with Crippen LogP contribution < -0.4 is 0 Å². The van der Waals surface area contributed by atoms with Crippen LogP contribution in [0.1, 0.15) is 96.7 Å². The van der Waals surface area contributed by atoms with Crippen LogP contribution in [0.4, 0.5) is 0 Å². The molecule has 28 heavy (non-hydrogen) atoms. The molecule has 5 atom stereocenters. The fourth-order valence-electron chi connectivity index (χ4n) is 5.05. The molecule has 1 N–H and O–H groups in total. The summed E-state index contributed by atoms with van der Waals surface area (Å²) in [6.45, 7) is 11.9. The third-order valence-corrected chi connectivity index (χ3v) is 6.83. The van der Waals surface area contributed by atoms with Crippen LogP contribution in [0.25, 0.3) is 0 Å². The maximum Gasteiger partial charge on any atom is 0.133 e. The van der Waals surface area contributed by atoms with Gasteiger partial charge in [0.1, 0.15) is 17.6 Å². The van der Waals surface area contributed by atoms with Crippen molar-refractivity contribution >= 4 is 0 Å². The summed E-state index contributed by atoms with van der Waals surface area (Å²) >= 11 is 0. The number of nitrogens with zero attached hydrogens (tertiary/aromatic N) is 1. The molecule has 2 aliphatic rings. The van der Waals surface area contributed by atoms with Gasteiger partial charge in [-0.25, -0.2) is 0 Å². The minimum absolute atomic E-state index is 0.130. The number of hydrogen-bond acceptors (Lipinski definition) is 4. The second-order valence-electron chi connectivity index (χ2n) is 9.54. The predicted molar refractivity (Wildman–Crippen MR) is 113 cm³/mol. The van der Waals surface area contributed by atoms with E-state index in [0.29, 0.717) is 12.3 Å². The lowest BCUT2D eigenvalue weighted by Gasteiger charge is -2.49. The van der Waals surface area contributed by atoms with Crippen molar-refractivity contribution in [3.05, 3.63) is 23.7 Å². The third-order valence-electron chi connectivity index (χ3n) is 6.83. The predicted octanol–water partition coefficient (Wildman–Crippen LogP) is 5.70. The molecular formula is C24H41NO3. The summed E-state index contributed by atoms with van der Waals surface area (Å²) in [4.78, 5) is 2.51. The van der Waals surface area contributed by atoms with Gasteiger partial charge in [-0.1, -0.05) is 40.0 Å². The first kappa shape index (κ1) is 21.9. The highest BCUT2D eigenvalue weighted by Crippen LogP contribution is 2.47. The molecule has 0 radical (unpaired) electrons. The Morgan fingerprint density at radius 3 is 2.54 bits per heavy atom. The van der Waals surface area contributed by atoms with Crippen LogP contribution in [0.2, 0.25) is 0 Å². The van der Waals surface area contributed by atoms with Crippen LogP contribution in [0, 0.1) is 11.8 Å². The lowest BCUT2D eigenvalue weighted by molar-refractivity contribution is -0.201. The highest BCUT2D eigenvalue weighted by molar-refractivity contribution is 5.12. The first-order valence-corrected chi connectivity index (χ1v) is 11.6. The molecule has 4 nitrogen and oxygen atoms in total. The van der Waals surface area contributed by atoms with Gasteiger partial charge in [-0.15, -0.1) is 0 Å². The number of hydrogen-bond donors (Lipinski definition) is 1. The van der Waals surface area contributed by atoms with E-state index in [1.165, 1.54) is 32.1 Å². The molecule has 2 heterocycles. The number of rotatable bonds is 9. The van der Waals surface area contributed by atoms with E-state index < -0.39 is 5.60 Å². The van der Waals surface area contributed by atoms with Gasteiger partial charge in [0.2, 0.25) is 0 Å². The molecule has 2 fully saturated rings. The first-order chi connectivity index (χ1) is 13.4. The molecule has 160 valence electrons. The molecule has 0 unspecified atom stereocenters. The van der Waals surface area contributed by atoms with Gasteiger partial charge in [-0.2, -0.15) is 0 Å². The Balaban J connectivity index is 1.65. The van der Waals surface area contributed by atoms with Crippen molar-refractivity contribution in [2.24, 2.45) is 11.8 Å². The Morgan fingerprint density at radius 1 is 1.14 bits per heavy atom. The fourth-order valence-corrected chi connectivity index (χ4v) is 5.05. The molecule has 1 aromatic rings. The molecule has 3 rings (SSSR count). The van der Waals surface area contributed by atoms with Gasteiger partial charge in [0.25, 0.3) is 0 Å². The average Bonchev–Trinajstić information content (AvgIpc) is 3.11. The normalized spacial score (nSPS) is 33.2. The van der Waals surface area contributed by atoms with Gasteiger partial charge in [0, 0.05) is 12.3 Å². The zero-order chi connectivity index (χ0) is 20.1. The fraction of sp³-hybridized carbons (Fsp3) is 0.833. The molecule has 0 amide bonds. The summed E-state index contributed by atoms with van der Waals surface area (Å²) in [5.41, 5.74) is -0.672. The van der Waals surface area contributed by atoms with Crippen LogP contribution in [0.3, 0.4) is 0 Å². The zero-order valence-electron chi connectivity index (χ0n) is 18.5. The standard InChI is InChI=1S/C24H41NO3/c1-5-7-13-25(14-8-6-2)17-19-10-12-21(27-19)23-16-24(4,26)20-11-9-18(3)15-22(20)28-23/h10,12,18,20,22-23,26H,5-9,11,13-17H2,1-4H3/t18-,20-,22-,23-,24-/m1/s1. The van der Waals surface area contributed by atoms with Crippen molar-refractivity contribution in [2.45, 2.75) is 103 Å². The Labute approximate surface area is 171 Å². The second-order valence-corrected chi connectivity index (χ2v) is 9.54. The molecule has 1 saturated carbocycles. The van der Waals surface area contributed by atoms with E-state index in [1.807, 2.05) is 6.92 Å². The Morgan fingerprint density at radius 2 is 1.86 bits per heavy atom. The molecule has 1 aromatic heterocycles. The molecule has 0 aromatic carbocycles. The monoisotopic (exact) mass is 391 g/mol. The molecule has 1 saturated heterocycles. The van der Waals surface area contributed by atoms with Crippen LogP contribution >= 0.6 is 0 Å². The van der Waals surface area contributed by atoms with Crippen molar-refractivity contribution < 1.29 is 14.3 Å². The molecule has 1 aliphatic heterocycles. The van der Waals surface area contributed by atoms with Crippen molar-refractivity contribution in [1.82, 2.24) is 4.90 Å². The van der Waals surface area contributed by atoms with Gasteiger partial charge in [0.05, 0.1) is 18.2 Å². The summed E-state index contributed by atoms with van der Waals surface area (Å²) in [6.07, 6.45) is 8.86. The maximum absolute atomic E-state index is 11.1. The molecule has 4 heteroatoms. The summed E-state index contributed by atoms with van der Waals surface area (Å²) in [7, 11) is 0. The maximum atomic E-state index is 11.1. The average molecular weight is 392 g/mol. The molecular weight excluding hydrogens is 350 g/mol. The highest BCUT2D eigenvalue weighted by atomic mass is 16.5. The van der Waals surface area contributed by atoms with Gasteiger partial charge in [-0.3, -0.25) is 4.90 Å². The van der Waals surface area contributed by atoms with E-state index >= 15 is 0 Å². The van der Waals surface area contributed by atoms with Crippen LogP contribution in [0.5, 0.6) is 0 Å². The van der Waals surface area contributed by atoms with Crippen LogP contribution in [-0.4, -0.2) is 34.8 Å². The largest absolute Gasteiger partial charge is 0.462 e. The smallest absolute Gasteiger partial charge is 0.133 e. The lowest BCUT2D eigenvalue weighted by atomic mass is 9.69. The molecule has 0 spiro atoms. The van der Waals surface area contributed by atoms with Crippen LogP contribution in [-0.2, 0) is 11.3 Å². The molecule has 1 aliphatic carbocycles. The van der Waals surface area contributed by atoms with E-state index in [1.54, 1.807) is 0 Å². The van der Waals surface area contributed by atoms with E-state index in [2.05, 4.69) is 37.8 Å².